The molecular weight excluding hydrogens is 293 g/mol. The van der Waals surface area contributed by atoms with Crippen molar-refractivity contribution >= 4 is 36.4 Å². The van der Waals surface area contributed by atoms with Crippen molar-refractivity contribution in [3.63, 3.8) is 0 Å². The van der Waals surface area contributed by atoms with Crippen LogP contribution in [-0.4, -0.2) is 29.0 Å². The van der Waals surface area contributed by atoms with Gasteiger partial charge in [-0.15, -0.1) is 24.8 Å². The quantitative estimate of drug-likeness (QED) is 0.913. The molecule has 0 radical (unpaired) electrons. The number of halogens is 3. The Balaban J connectivity index is 0.00000144. The first-order chi connectivity index (χ1) is 7.66. The Kier molecular flexibility index (Phi) is 8.15. The molecule has 3 nitrogen and oxygen atoms in total. The summed E-state index contributed by atoms with van der Waals surface area (Å²) >= 11 is 6.09. The maximum atomic E-state index is 6.09. The summed E-state index contributed by atoms with van der Waals surface area (Å²) in [5, 5.41) is 0.755. The summed E-state index contributed by atoms with van der Waals surface area (Å²) in [4.78, 5) is 6.41. The number of likely N-dealkylation sites (tertiary alicyclic amines) is 1. The number of hydrogen-bond donors (Lipinski definition) is 1. The predicted octanol–water partition coefficient (Wildman–Crippen LogP) is 2.75. The molecule has 2 atom stereocenters. The molecule has 1 fully saturated rings. The van der Waals surface area contributed by atoms with Crippen molar-refractivity contribution in [3.05, 3.63) is 29.0 Å². The van der Waals surface area contributed by atoms with Crippen LogP contribution in [-0.2, 0) is 6.54 Å². The van der Waals surface area contributed by atoms with Gasteiger partial charge in [0.2, 0.25) is 0 Å². The maximum absolute atomic E-state index is 6.09. The Morgan fingerprint density at radius 3 is 2.83 bits per heavy atom. The lowest BCUT2D eigenvalue weighted by Crippen LogP contribution is -2.45. The van der Waals surface area contributed by atoms with Crippen molar-refractivity contribution in [2.45, 2.75) is 25.9 Å². The molecule has 104 valence electrons. The predicted molar refractivity (Wildman–Crippen MR) is 80.8 cm³/mol. The summed E-state index contributed by atoms with van der Waals surface area (Å²) in [5.41, 5.74) is 7.15. The normalized spacial score (nSPS) is 23.9. The highest BCUT2D eigenvalue weighted by molar-refractivity contribution is 6.31. The zero-order chi connectivity index (χ0) is 11.5. The van der Waals surface area contributed by atoms with Crippen LogP contribution in [0.1, 0.15) is 18.9 Å². The van der Waals surface area contributed by atoms with E-state index in [4.69, 9.17) is 17.3 Å². The fourth-order valence-corrected chi connectivity index (χ4v) is 2.35. The van der Waals surface area contributed by atoms with Gasteiger partial charge < -0.3 is 5.73 Å². The number of nitrogens with two attached hydrogens (primary N) is 1. The van der Waals surface area contributed by atoms with Crippen molar-refractivity contribution in [1.29, 1.82) is 0 Å². The van der Waals surface area contributed by atoms with Gasteiger partial charge in [0.1, 0.15) is 0 Å². The van der Waals surface area contributed by atoms with Crippen LogP contribution in [0.5, 0.6) is 0 Å². The van der Waals surface area contributed by atoms with Crippen LogP contribution < -0.4 is 5.73 Å². The molecule has 0 amide bonds. The molecule has 18 heavy (non-hydrogen) atoms. The van der Waals surface area contributed by atoms with Gasteiger partial charge in [-0.1, -0.05) is 18.5 Å². The average Bonchev–Trinajstić information content (AvgIpc) is 2.27. The van der Waals surface area contributed by atoms with Gasteiger partial charge >= 0.3 is 0 Å². The zero-order valence-corrected chi connectivity index (χ0v) is 12.8. The second kappa shape index (κ2) is 8.18. The number of hydrogen-bond acceptors (Lipinski definition) is 3. The molecule has 6 heteroatoms. The van der Waals surface area contributed by atoms with Gasteiger partial charge in [-0.3, -0.25) is 9.88 Å². The third kappa shape index (κ3) is 4.56. The van der Waals surface area contributed by atoms with Crippen molar-refractivity contribution < 1.29 is 0 Å². The lowest BCUT2D eigenvalue weighted by Gasteiger charge is -2.35. The standard InChI is InChI=1S/C12H18ClN3.2ClH/c1-9-7-16(5-3-12(9)14)8-10-2-4-15-6-11(10)13;;/h2,4,6,9,12H,3,5,7-8,14H2,1H3;2*1H. The van der Waals surface area contributed by atoms with Gasteiger partial charge in [-0.2, -0.15) is 0 Å². The van der Waals surface area contributed by atoms with Crippen molar-refractivity contribution in [2.75, 3.05) is 13.1 Å². The molecule has 1 aliphatic heterocycles. The van der Waals surface area contributed by atoms with Gasteiger partial charge in [-0.05, 0) is 30.5 Å². The van der Waals surface area contributed by atoms with Crippen LogP contribution in [0.25, 0.3) is 0 Å². The van der Waals surface area contributed by atoms with E-state index in [1.54, 1.807) is 12.4 Å². The minimum absolute atomic E-state index is 0. The third-order valence-electron chi connectivity index (χ3n) is 3.31. The first-order valence-electron chi connectivity index (χ1n) is 5.73. The average molecular weight is 313 g/mol. The van der Waals surface area contributed by atoms with Gasteiger partial charge in [-0.25, -0.2) is 0 Å². The molecule has 2 N–H and O–H groups in total. The lowest BCUT2D eigenvalue weighted by atomic mass is 9.94. The van der Waals surface area contributed by atoms with Crippen molar-refractivity contribution in [3.8, 4) is 0 Å². The molecule has 2 heterocycles. The molecule has 0 spiro atoms. The SMILES string of the molecule is CC1CN(Cc2ccncc2Cl)CCC1N.Cl.Cl. The van der Waals surface area contributed by atoms with E-state index in [1.807, 2.05) is 6.07 Å². The van der Waals surface area contributed by atoms with E-state index in [0.717, 1.165) is 36.6 Å². The van der Waals surface area contributed by atoms with E-state index >= 15 is 0 Å². The van der Waals surface area contributed by atoms with Crippen LogP contribution >= 0.6 is 36.4 Å². The van der Waals surface area contributed by atoms with E-state index in [0.29, 0.717) is 12.0 Å². The summed E-state index contributed by atoms with van der Waals surface area (Å²) in [6, 6.07) is 2.34. The summed E-state index contributed by atoms with van der Waals surface area (Å²) < 4.78 is 0. The second-order valence-corrected chi connectivity index (χ2v) is 5.04. The highest BCUT2D eigenvalue weighted by atomic mass is 35.5. The Bertz CT molecular complexity index is 362. The largest absolute Gasteiger partial charge is 0.327 e. The zero-order valence-electron chi connectivity index (χ0n) is 10.4. The van der Waals surface area contributed by atoms with E-state index < -0.39 is 0 Å². The smallest absolute Gasteiger partial charge is 0.0634 e. The summed E-state index contributed by atoms with van der Waals surface area (Å²) in [7, 11) is 0. The maximum Gasteiger partial charge on any atom is 0.0634 e. The van der Waals surface area contributed by atoms with Crippen LogP contribution in [0.2, 0.25) is 5.02 Å². The molecule has 1 aromatic heterocycles. The molecule has 0 aromatic carbocycles. The number of nitrogens with zero attached hydrogens (tertiary/aromatic N) is 2. The minimum Gasteiger partial charge on any atom is -0.327 e. The Labute approximate surface area is 126 Å². The monoisotopic (exact) mass is 311 g/mol. The molecule has 1 aliphatic rings. The van der Waals surface area contributed by atoms with Gasteiger partial charge in [0, 0.05) is 31.5 Å². The Hall–Kier alpha value is -0.0600. The topological polar surface area (TPSA) is 42.2 Å². The molecule has 1 saturated heterocycles. The van der Waals surface area contributed by atoms with Crippen molar-refractivity contribution in [1.82, 2.24) is 9.88 Å². The molecule has 2 rings (SSSR count). The van der Waals surface area contributed by atoms with E-state index in [-0.39, 0.29) is 24.8 Å². The third-order valence-corrected chi connectivity index (χ3v) is 3.65. The van der Waals surface area contributed by atoms with Gasteiger partial charge in [0.15, 0.2) is 0 Å². The van der Waals surface area contributed by atoms with Gasteiger partial charge in [0.25, 0.3) is 0 Å². The Morgan fingerprint density at radius 1 is 1.50 bits per heavy atom. The fraction of sp³-hybridized carbons (Fsp3) is 0.583. The Morgan fingerprint density at radius 2 is 2.22 bits per heavy atom. The lowest BCUT2D eigenvalue weighted by molar-refractivity contribution is 0.158. The van der Waals surface area contributed by atoms with Gasteiger partial charge in [0.05, 0.1) is 5.02 Å². The highest BCUT2D eigenvalue weighted by Gasteiger charge is 2.23. The number of rotatable bonds is 2. The van der Waals surface area contributed by atoms with E-state index in [9.17, 15) is 0 Å². The summed E-state index contributed by atoms with van der Waals surface area (Å²) in [5.74, 6) is 0.564. The first kappa shape index (κ1) is 17.9. The van der Waals surface area contributed by atoms with E-state index in [1.165, 1.54) is 0 Å². The number of piperidine rings is 1. The molecule has 0 aliphatic carbocycles. The van der Waals surface area contributed by atoms with Crippen molar-refractivity contribution in [2.24, 2.45) is 11.7 Å². The highest BCUT2D eigenvalue weighted by Crippen LogP contribution is 2.20. The van der Waals surface area contributed by atoms with E-state index in [2.05, 4.69) is 16.8 Å². The second-order valence-electron chi connectivity index (χ2n) is 4.63. The molecule has 2 unspecified atom stereocenters. The minimum atomic E-state index is 0. The summed E-state index contributed by atoms with van der Waals surface area (Å²) in [6.07, 6.45) is 4.57. The van der Waals surface area contributed by atoms with Crippen LogP contribution in [0, 0.1) is 5.92 Å². The van der Waals surface area contributed by atoms with Crippen LogP contribution in [0.3, 0.4) is 0 Å². The van der Waals surface area contributed by atoms with Crippen LogP contribution in [0.15, 0.2) is 18.5 Å². The molecule has 0 saturated carbocycles. The van der Waals surface area contributed by atoms with Crippen LogP contribution in [0.4, 0.5) is 0 Å². The molecule has 0 bridgehead atoms. The number of pyridine rings is 1. The first-order valence-corrected chi connectivity index (χ1v) is 6.11. The fourth-order valence-electron chi connectivity index (χ4n) is 2.17. The summed E-state index contributed by atoms with van der Waals surface area (Å²) in [6.45, 7) is 5.23. The molecule has 1 aromatic rings. The number of aromatic nitrogens is 1. The molecular formula is C12H20Cl3N3.